The van der Waals surface area contributed by atoms with Gasteiger partial charge in [0, 0.05) is 0 Å². The summed E-state index contributed by atoms with van der Waals surface area (Å²) in [4.78, 5) is 0. The first kappa shape index (κ1) is 7.91. The van der Waals surface area contributed by atoms with E-state index in [0.717, 1.165) is 5.92 Å². The van der Waals surface area contributed by atoms with Gasteiger partial charge in [0.2, 0.25) is 0 Å². The predicted molar refractivity (Wildman–Crippen MR) is 47.3 cm³/mol. The molecule has 0 N–H and O–H groups in total. The summed E-state index contributed by atoms with van der Waals surface area (Å²) in [5.74, 6) is 0.896. The van der Waals surface area contributed by atoms with Crippen molar-refractivity contribution in [1.82, 2.24) is 0 Å². The highest BCUT2D eigenvalue weighted by Crippen LogP contribution is 2.21. The molecule has 1 aliphatic rings. The number of rotatable bonds is 4. The molecule has 1 atom stereocenters. The third kappa shape index (κ3) is 2.20. The van der Waals surface area contributed by atoms with Crippen LogP contribution in [0, 0.1) is 5.92 Å². The molecule has 10 heavy (non-hydrogen) atoms. The van der Waals surface area contributed by atoms with Crippen molar-refractivity contribution in [1.29, 1.82) is 0 Å². The molecule has 0 fully saturated rings. The molecule has 1 heteroatoms. The highest BCUT2D eigenvalue weighted by Gasteiger charge is 2.10. The van der Waals surface area contributed by atoms with Crippen molar-refractivity contribution in [2.24, 2.45) is 5.92 Å². The molecule has 0 bridgehead atoms. The van der Waals surface area contributed by atoms with Crippen LogP contribution < -0.4 is 0 Å². The van der Waals surface area contributed by atoms with Crippen molar-refractivity contribution in [3.63, 3.8) is 0 Å². The lowest BCUT2D eigenvalue weighted by Gasteiger charge is -2.17. The topological polar surface area (TPSA) is 0 Å². The number of hydrogen-bond donors (Lipinski definition) is 0. The van der Waals surface area contributed by atoms with Gasteiger partial charge in [-0.1, -0.05) is 33.0 Å². The Hall–Kier alpha value is -0.195. The molecule has 0 aliphatic carbocycles. The van der Waals surface area contributed by atoms with Crippen LogP contribution in [-0.4, -0.2) is 7.28 Å². The summed E-state index contributed by atoms with van der Waals surface area (Å²) in [6.45, 7) is 4.60. The Morgan fingerprint density at radius 2 is 2.40 bits per heavy atom. The second-order valence-electron chi connectivity index (χ2n) is 3.32. The fourth-order valence-corrected chi connectivity index (χ4v) is 1.45. The summed E-state index contributed by atoms with van der Waals surface area (Å²) in [6.07, 6.45) is 7.58. The Morgan fingerprint density at radius 1 is 1.70 bits per heavy atom. The Balaban J connectivity index is 2.11. The van der Waals surface area contributed by atoms with E-state index in [1.807, 2.05) is 0 Å². The van der Waals surface area contributed by atoms with Crippen molar-refractivity contribution in [3.05, 3.63) is 11.5 Å². The van der Waals surface area contributed by atoms with Gasteiger partial charge in [0.05, 0.1) is 0 Å². The summed E-state index contributed by atoms with van der Waals surface area (Å²) < 4.78 is 0. The molecule has 0 amide bonds. The molecule has 0 aromatic heterocycles. The Morgan fingerprint density at radius 3 is 2.80 bits per heavy atom. The molecule has 1 radical (unpaired) electrons. The van der Waals surface area contributed by atoms with Crippen LogP contribution in [0.3, 0.4) is 0 Å². The summed E-state index contributed by atoms with van der Waals surface area (Å²) in [5, 5.41) is 0. The van der Waals surface area contributed by atoms with E-state index in [-0.39, 0.29) is 0 Å². The summed E-state index contributed by atoms with van der Waals surface area (Å²) in [5.41, 5.74) is 1.58. The van der Waals surface area contributed by atoms with E-state index < -0.39 is 0 Å². The molecule has 0 aromatic carbocycles. The van der Waals surface area contributed by atoms with Crippen LogP contribution in [0.15, 0.2) is 11.5 Å². The SMILES string of the molecule is CCCC(C)CC1=CC[B]1. The second-order valence-corrected chi connectivity index (χ2v) is 3.32. The van der Waals surface area contributed by atoms with Crippen LogP contribution in [0.4, 0.5) is 0 Å². The second kappa shape index (κ2) is 3.85. The van der Waals surface area contributed by atoms with E-state index in [4.69, 9.17) is 0 Å². The third-order valence-corrected chi connectivity index (χ3v) is 2.13. The fraction of sp³-hybridized carbons (Fsp3) is 0.778. The lowest BCUT2D eigenvalue weighted by Crippen LogP contribution is -2.08. The molecule has 55 valence electrons. The lowest BCUT2D eigenvalue weighted by atomic mass is 9.55. The zero-order valence-corrected chi connectivity index (χ0v) is 7.06. The highest BCUT2D eigenvalue weighted by atomic mass is 14.1. The maximum atomic E-state index is 2.34. The molecular formula is C9H16B. The van der Waals surface area contributed by atoms with Crippen molar-refractivity contribution in [3.8, 4) is 0 Å². The summed E-state index contributed by atoms with van der Waals surface area (Å²) in [6, 6.07) is 0. The molecule has 1 unspecified atom stereocenters. The van der Waals surface area contributed by atoms with Crippen LogP contribution in [0.25, 0.3) is 0 Å². The highest BCUT2D eigenvalue weighted by molar-refractivity contribution is 6.50. The van der Waals surface area contributed by atoms with Gasteiger partial charge in [-0.2, -0.15) is 0 Å². The van der Waals surface area contributed by atoms with Gasteiger partial charge >= 0.3 is 0 Å². The third-order valence-electron chi connectivity index (χ3n) is 2.13. The van der Waals surface area contributed by atoms with Crippen LogP contribution in [0.2, 0.25) is 6.32 Å². The zero-order chi connectivity index (χ0) is 7.40. The molecule has 1 aliphatic heterocycles. The maximum absolute atomic E-state index is 2.34. The van der Waals surface area contributed by atoms with Crippen LogP contribution in [0.1, 0.15) is 33.1 Å². The Kier molecular flexibility index (Phi) is 3.04. The van der Waals surface area contributed by atoms with E-state index in [1.54, 1.807) is 5.47 Å². The van der Waals surface area contributed by atoms with Crippen LogP contribution in [0.5, 0.6) is 0 Å². The molecular weight excluding hydrogens is 119 g/mol. The Bertz CT molecular complexity index is 127. The average Bonchev–Trinajstić information content (AvgIpc) is 1.80. The van der Waals surface area contributed by atoms with Gasteiger partial charge in [-0.05, 0) is 12.3 Å². The van der Waals surface area contributed by atoms with E-state index in [9.17, 15) is 0 Å². The molecule has 0 saturated heterocycles. The molecule has 0 saturated carbocycles. The molecule has 0 aromatic rings. The minimum Gasteiger partial charge on any atom is -0.113 e. The van der Waals surface area contributed by atoms with Crippen molar-refractivity contribution >= 4 is 7.28 Å². The smallest absolute Gasteiger partial charge is 0.113 e. The molecule has 1 rings (SSSR count). The van der Waals surface area contributed by atoms with Gasteiger partial charge in [-0.25, -0.2) is 0 Å². The van der Waals surface area contributed by atoms with Gasteiger partial charge in [0.25, 0.3) is 0 Å². The van der Waals surface area contributed by atoms with E-state index in [1.165, 1.54) is 25.6 Å². The van der Waals surface area contributed by atoms with Gasteiger partial charge in [0.15, 0.2) is 0 Å². The van der Waals surface area contributed by atoms with Gasteiger partial charge in [0.1, 0.15) is 7.28 Å². The first-order valence-electron chi connectivity index (χ1n) is 4.35. The normalized spacial score (nSPS) is 18.8. The summed E-state index contributed by atoms with van der Waals surface area (Å²) >= 11 is 0. The first-order valence-corrected chi connectivity index (χ1v) is 4.35. The lowest BCUT2D eigenvalue weighted by molar-refractivity contribution is 0.526. The van der Waals surface area contributed by atoms with E-state index in [2.05, 4.69) is 27.2 Å². The minimum absolute atomic E-state index is 0.896. The summed E-state index contributed by atoms with van der Waals surface area (Å²) in [7, 11) is 2.34. The van der Waals surface area contributed by atoms with E-state index >= 15 is 0 Å². The molecule has 0 spiro atoms. The fourth-order valence-electron chi connectivity index (χ4n) is 1.45. The van der Waals surface area contributed by atoms with Crippen molar-refractivity contribution in [2.45, 2.75) is 39.4 Å². The number of hydrogen-bond acceptors (Lipinski definition) is 0. The maximum Gasteiger partial charge on any atom is 0.149 e. The standard InChI is InChI=1S/C9H16B/c1-3-4-8(2)7-9-5-6-10-9/h5,8H,3-4,6-7H2,1-2H3. The van der Waals surface area contributed by atoms with Crippen LogP contribution in [-0.2, 0) is 0 Å². The molecule has 0 nitrogen and oxygen atoms in total. The molecule has 1 heterocycles. The largest absolute Gasteiger partial charge is 0.149 e. The monoisotopic (exact) mass is 135 g/mol. The Labute approximate surface area is 65.0 Å². The van der Waals surface area contributed by atoms with Gasteiger partial charge in [-0.15, -0.1) is 11.5 Å². The predicted octanol–water partition coefficient (Wildman–Crippen LogP) is 2.83. The van der Waals surface area contributed by atoms with Crippen molar-refractivity contribution < 1.29 is 0 Å². The van der Waals surface area contributed by atoms with Crippen LogP contribution >= 0.6 is 0 Å². The minimum atomic E-state index is 0.896. The van der Waals surface area contributed by atoms with E-state index in [0.29, 0.717) is 0 Å². The first-order chi connectivity index (χ1) is 4.83. The average molecular weight is 135 g/mol. The van der Waals surface area contributed by atoms with Crippen molar-refractivity contribution in [2.75, 3.05) is 0 Å². The van der Waals surface area contributed by atoms with Gasteiger partial charge < -0.3 is 0 Å². The quantitative estimate of drug-likeness (QED) is 0.520. The van der Waals surface area contributed by atoms with Gasteiger partial charge in [-0.3, -0.25) is 0 Å². The number of allylic oxidation sites excluding steroid dienone is 2. The zero-order valence-electron chi connectivity index (χ0n) is 7.06.